The van der Waals surface area contributed by atoms with Gasteiger partial charge in [-0.05, 0) is 30.9 Å². The lowest BCUT2D eigenvalue weighted by Crippen LogP contribution is -2.23. The van der Waals surface area contributed by atoms with Gasteiger partial charge in [0, 0.05) is 19.1 Å². The number of fused-ring (bicyclic) bond motifs is 1. The van der Waals surface area contributed by atoms with Crippen LogP contribution in [0.4, 0.5) is 0 Å². The second-order valence-electron chi connectivity index (χ2n) is 6.48. The fourth-order valence-electron chi connectivity index (χ4n) is 3.56. The monoisotopic (exact) mass is 329 g/mol. The molecule has 6 nitrogen and oxygen atoms in total. The van der Waals surface area contributed by atoms with Gasteiger partial charge in [0.1, 0.15) is 11.6 Å². The first-order valence-electron chi connectivity index (χ1n) is 8.69. The highest BCUT2D eigenvalue weighted by Gasteiger charge is 2.28. The van der Waals surface area contributed by atoms with E-state index in [-0.39, 0.29) is 12.5 Å². The number of hydrogen-bond donors (Lipinski definition) is 1. The van der Waals surface area contributed by atoms with E-state index < -0.39 is 0 Å². The van der Waals surface area contributed by atoms with Gasteiger partial charge in [-0.25, -0.2) is 9.67 Å². The van der Waals surface area contributed by atoms with Crippen LogP contribution in [-0.4, -0.2) is 46.3 Å². The third-order valence-electron chi connectivity index (χ3n) is 4.86. The Hall–Kier alpha value is -1.92. The van der Waals surface area contributed by atoms with Gasteiger partial charge in [-0.15, -0.1) is 0 Å². The number of ether oxygens (including phenoxy) is 2. The van der Waals surface area contributed by atoms with Crippen molar-refractivity contribution in [2.45, 2.75) is 37.6 Å². The molecule has 0 bridgehead atoms. The molecule has 1 aromatic heterocycles. The lowest BCUT2D eigenvalue weighted by Gasteiger charge is -2.24. The van der Waals surface area contributed by atoms with E-state index in [9.17, 15) is 5.11 Å². The third kappa shape index (κ3) is 3.03. The van der Waals surface area contributed by atoms with Crippen LogP contribution in [0.2, 0.25) is 0 Å². The second-order valence-corrected chi connectivity index (χ2v) is 6.48. The van der Waals surface area contributed by atoms with Crippen molar-refractivity contribution in [2.24, 2.45) is 0 Å². The van der Waals surface area contributed by atoms with Crippen LogP contribution in [0.5, 0.6) is 5.75 Å². The Morgan fingerprint density at radius 2 is 2.00 bits per heavy atom. The molecular formula is C18H23N3O3. The van der Waals surface area contributed by atoms with E-state index in [0.717, 1.165) is 49.9 Å². The normalized spacial score (nSPS) is 21.3. The van der Waals surface area contributed by atoms with Crippen LogP contribution in [0.3, 0.4) is 0 Å². The molecule has 0 radical (unpaired) electrons. The molecule has 1 atom stereocenters. The van der Waals surface area contributed by atoms with E-state index in [0.29, 0.717) is 19.1 Å². The zero-order valence-corrected chi connectivity index (χ0v) is 13.7. The number of aliphatic hydroxyl groups is 1. The highest BCUT2D eigenvalue weighted by atomic mass is 16.5. The fraction of sp³-hybridized carbons (Fsp3) is 0.556. The second kappa shape index (κ2) is 6.91. The molecular weight excluding hydrogens is 306 g/mol. The van der Waals surface area contributed by atoms with Gasteiger partial charge in [0.2, 0.25) is 0 Å². The summed E-state index contributed by atoms with van der Waals surface area (Å²) in [5.41, 5.74) is 1.21. The van der Waals surface area contributed by atoms with Gasteiger partial charge in [0.15, 0.2) is 5.82 Å². The Kier molecular flexibility index (Phi) is 4.49. The minimum Gasteiger partial charge on any atom is -0.493 e. The molecule has 6 heteroatoms. The van der Waals surface area contributed by atoms with Crippen molar-refractivity contribution in [1.29, 1.82) is 0 Å². The molecule has 3 heterocycles. The smallest absolute Gasteiger partial charge is 0.154 e. The molecule has 0 amide bonds. The lowest BCUT2D eigenvalue weighted by molar-refractivity contribution is 0.0835. The van der Waals surface area contributed by atoms with Crippen LogP contribution in [-0.2, 0) is 17.7 Å². The van der Waals surface area contributed by atoms with E-state index in [1.54, 1.807) is 0 Å². The van der Waals surface area contributed by atoms with Gasteiger partial charge in [0.25, 0.3) is 0 Å². The maximum absolute atomic E-state index is 9.38. The average Bonchev–Trinajstić information content (AvgIpc) is 3.06. The molecule has 128 valence electrons. The van der Waals surface area contributed by atoms with Crippen LogP contribution in [0.25, 0.3) is 0 Å². The van der Waals surface area contributed by atoms with E-state index in [2.05, 4.69) is 11.2 Å². The Bertz CT molecular complexity index is 695. The highest BCUT2D eigenvalue weighted by Crippen LogP contribution is 2.33. The SMILES string of the molecule is OCCn1nc(C2CCOCC2)nc1C1COc2ccccc2C1. The van der Waals surface area contributed by atoms with Crippen molar-refractivity contribution >= 4 is 0 Å². The number of nitrogens with zero attached hydrogens (tertiary/aromatic N) is 3. The van der Waals surface area contributed by atoms with Gasteiger partial charge in [-0.2, -0.15) is 5.10 Å². The summed E-state index contributed by atoms with van der Waals surface area (Å²) in [4.78, 5) is 4.85. The average molecular weight is 329 g/mol. The van der Waals surface area contributed by atoms with Gasteiger partial charge in [-0.3, -0.25) is 0 Å². The molecule has 2 aliphatic heterocycles. The van der Waals surface area contributed by atoms with Crippen LogP contribution < -0.4 is 4.74 Å². The summed E-state index contributed by atoms with van der Waals surface area (Å²) in [6.07, 6.45) is 2.83. The summed E-state index contributed by atoms with van der Waals surface area (Å²) in [6.45, 7) is 2.69. The molecule has 24 heavy (non-hydrogen) atoms. The number of aromatic nitrogens is 3. The minimum atomic E-state index is 0.0632. The molecule has 1 unspecified atom stereocenters. The minimum absolute atomic E-state index is 0.0632. The predicted molar refractivity (Wildman–Crippen MR) is 88.3 cm³/mol. The predicted octanol–water partition coefficient (Wildman–Crippen LogP) is 1.88. The summed E-state index contributed by atoms with van der Waals surface area (Å²) in [5, 5.41) is 14.1. The van der Waals surface area contributed by atoms with Crippen molar-refractivity contribution in [3.05, 3.63) is 41.5 Å². The van der Waals surface area contributed by atoms with Crippen LogP contribution in [0.1, 0.15) is 41.9 Å². The molecule has 1 fully saturated rings. The van der Waals surface area contributed by atoms with Crippen molar-refractivity contribution < 1.29 is 14.6 Å². The van der Waals surface area contributed by atoms with Gasteiger partial charge in [-0.1, -0.05) is 18.2 Å². The lowest BCUT2D eigenvalue weighted by atomic mass is 9.96. The summed E-state index contributed by atoms with van der Waals surface area (Å²) >= 11 is 0. The molecule has 2 aromatic rings. The molecule has 0 spiro atoms. The van der Waals surface area contributed by atoms with E-state index in [1.165, 1.54) is 5.56 Å². The molecule has 1 saturated heterocycles. The number of aliphatic hydroxyl groups excluding tert-OH is 1. The zero-order chi connectivity index (χ0) is 16.4. The largest absolute Gasteiger partial charge is 0.493 e. The third-order valence-corrected chi connectivity index (χ3v) is 4.86. The van der Waals surface area contributed by atoms with Crippen LogP contribution in [0.15, 0.2) is 24.3 Å². The maximum Gasteiger partial charge on any atom is 0.154 e. The van der Waals surface area contributed by atoms with Gasteiger partial charge in [0.05, 0.1) is 25.7 Å². The van der Waals surface area contributed by atoms with Gasteiger partial charge < -0.3 is 14.6 Å². The molecule has 1 aromatic carbocycles. The topological polar surface area (TPSA) is 69.4 Å². The van der Waals surface area contributed by atoms with E-state index in [1.807, 2.05) is 22.9 Å². The molecule has 1 N–H and O–H groups in total. The number of rotatable bonds is 4. The summed E-state index contributed by atoms with van der Waals surface area (Å²) in [7, 11) is 0. The standard InChI is InChI=1S/C18H23N3O3/c22-8-7-21-18(19-17(20-21)13-5-9-23-10-6-13)15-11-14-3-1-2-4-16(14)24-12-15/h1-4,13,15,22H,5-12H2. The summed E-state index contributed by atoms with van der Waals surface area (Å²) < 4.78 is 13.2. The van der Waals surface area contributed by atoms with Gasteiger partial charge >= 0.3 is 0 Å². The number of hydrogen-bond acceptors (Lipinski definition) is 5. The summed E-state index contributed by atoms with van der Waals surface area (Å²) in [6, 6.07) is 8.15. The Balaban J connectivity index is 1.60. The Morgan fingerprint density at radius 3 is 2.83 bits per heavy atom. The van der Waals surface area contributed by atoms with Crippen LogP contribution in [0, 0.1) is 0 Å². The van der Waals surface area contributed by atoms with Crippen molar-refractivity contribution in [3.8, 4) is 5.75 Å². The van der Waals surface area contributed by atoms with Crippen LogP contribution >= 0.6 is 0 Å². The molecule has 0 saturated carbocycles. The van der Waals surface area contributed by atoms with E-state index in [4.69, 9.17) is 14.5 Å². The molecule has 4 rings (SSSR count). The van der Waals surface area contributed by atoms with Crippen molar-refractivity contribution in [3.63, 3.8) is 0 Å². The summed E-state index contributed by atoms with van der Waals surface area (Å²) in [5.74, 6) is 3.31. The highest BCUT2D eigenvalue weighted by molar-refractivity contribution is 5.36. The Morgan fingerprint density at radius 1 is 1.17 bits per heavy atom. The van der Waals surface area contributed by atoms with Crippen molar-refractivity contribution in [1.82, 2.24) is 14.8 Å². The fourth-order valence-corrected chi connectivity index (χ4v) is 3.56. The molecule has 0 aliphatic carbocycles. The first-order chi connectivity index (χ1) is 11.8. The number of benzene rings is 1. The maximum atomic E-state index is 9.38. The first kappa shape index (κ1) is 15.6. The first-order valence-corrected chi connectivity index (χ1v) is 8.69. The zero-order valence-electron chi connectivity index (χ0n) is 13.7. The molecule has 2 aliphatic rings. The van der Waals surface area contributed by atoms with E-state index >= 15 is 0 Å². The quantitative estimate of drug-likeness (QED) is 0.927. The number of para-hydroxylation sites is 1. The van der Waals surface area contributed by atoms with Crippen molar-refractivity contribution in [2.75, 3.05) is 26.4 Å². The Labute approximate surface area is 141 Å².